The average Bonchev–Trinajstić information content (AvgIpc) is 2.35. The molecule has 0 aliphatic carbocycles. The van der Waals surface area contributed by atoms with Crippen LogP contribution >= 0.6 is 0 Å². The maximum Gasteiger partial charge on any atom is 0.00870 e. The second-order valence-electron chi connectivity index (χ2n) is 6.11. The first-order valence-electron chi connectivity index (χ1n) is 8.39. The van der Waals surface area contributed by atoms with E-state index in [9.17, 15) is 0 Å². The summed E-state index contributed by atoms with van der Waals surface area (Å²) in [6.45, 7) is 6.92. The van der Waals surface area contributed by atoms with Crippen molar-refractivity contribution in [3.05, 3.63) is 0 Å². The monoisotopic (exact) mass is 255 g/mol. The minimum atomic E-state index is 0.721. The lowest BCUT2D eigenvalue weighted by Gasteiger charge is -2.19. The van der Waals surface area contributed by atoms with Gasteiger partial charge in [0.25, 0.3) is 0 Å². The van der Waals surface area contributed by atoms with Gasteiger partial charge in [0.2, 0.25) is 0 Å². The molecule has 0 heterocycles. The third-order valence-electron chi connectivity index (χ3n) is 4.04. The van der Waals surface area contributed by atoms with Crippen LogP contribution in [-0.2, 0) is 0 Å². The molecule has 0 bridgehead atoms. The highest BCUT2D eigenvalue weighted by atomic mass is 14.9. The summed E-state index contributed by atoms with van der Waals surface area (Å²) in [5.74, 6) is 0.772. The molecule has 1 atom stereocenters. The molecule has 0 radical (unpaired) electrons. The van der Waals surface area contributed by atoms with Gasteiger partial charge >= 0.3 is 0 Å². The van der Waals surface area contributed by atoms with E-state index in [0.717, 1.165) is 12.0 Å². The first kappa shape index (κ1) is 18.0. The fraction of sp³-hybridized carbons (Fsp3) is 1.00. The Kier molecular flexibility index (Phi) is 13.4. The standard InChI is InChI=1S/C17H37N/c1-5-6-7-8-9-10-11-12-13-14-15-17(18-4)16(2)3/h16-18H,5-15H2,1-4H3. The molecule has 18 heavy (non-hydrogen) atoms. The van der Waals surface area contributed by atoms with Crippen LogP contribution in [0.4, 0.5) is 0 Å². The van der Waals surface area contributed by atoms with Crippen molar-refractivity contribution in [2.24, 2.45) is 5.92 Å². The summed E-state index contributed by atoms with van der Waals surface area (Å²) in [5.41, 5.74) is 0. The second-order valence-corrected chi connectivity index (χ2v) is 6.11. The van der Waals surface area contributed by atoms with Gasteiger partial charge in [-0.1, -0.05) is 85.0 Å². The van der Waals surface area contributed by atoms with Crippen molar-refractivity contribution < 1.29 is 0 Å². The van der Waals surface area contributed by atoms with Gasteiger partial charge in [0.05, 0.1) is 0 Å². The van der Waals surface area contributed by atoms with Crippen LogP contribution in [0.25, 0.3) is 0 Å². The molecule has 110 valence electrons. The maximum absolute atomic E-state index is 3.43. The van der Waals surface area contributed by atoms with Crippen molar-refractivity contribution in [2.45, 2.75) is 97.4 Å². The van der Waals surface area contributed by atoms with Crippen LogP contribution in [0.2, 0.25) is 0 Å². The normalized spacial score (nSPS) is 13.2. The molecule has 1 heteroatoms. The van der Waals surface area contributed by atoms with E-state index in [4.69, 9.17) is 0 Å². The van der Waals surface area contributed by atoms with Crippen LogP contribution in [0.3, 0.4) is 0 Å². The Hall–Kier alpha value is -0.0400. The minimum Gasteiger partial charge on any atom is -0.317 e. The lowest BCUT2D eigenvalue weighted by molar-refractivity contribution is 0.385. The Morgan fingerprint density at radius 1 is 0.722 bits per heavy atom. The van der Waals surface area contributed by atoms with Gasteiger partial charge in [-0.05, 0) is 19.4 Å². The molecule has 0 aliphatic rings. The van der Waals surface area contributed by atoms with E-state index in [1.54, 1.807) is 0 Å². The van der Waals surface area contributed by atoms with Gasteiger partial charge in [-0.3, -0.25) is 0 Å². The SMILES string of the molecule is CCCCCCCCCCCCC(NC)C(C)C. The second kappa shape index (κ2) is 13.4. The number of rotatable bonds is 13. The van der Waals surface area contributed by atoms with Crippen molar-refractivity contribution >= 4 is 0 Å². The summed E-state index contributed by atoms with van der Waals surface area (Å²) < 4.78 is 0. The molecule has 0 rings (SSSR count). The molecular formula is C17H37N. The quantitative estimate of drug-likeness (QED) is 0.426. The zero-order chi connectivity index (χ0) is 13.6. The molecular weight excluding hydrogens is 218 g/mol. The van der Waals surface area contributed by atoms with Crippen molar-refractivity contribution in [1.82, 2.24) is 5.32 Å². The smallest absolute Gasteiger partial charge is 0.00870 e. The Morgan fingerprint density at radius 2 is 1.17 bits per heavy atom. The maximum atomic E-state index is 3.43. The van der Waals surface area contributed by atoms with Gasteiger partial charge < -0.3 is 5.32 Å². The van der Waals surface area contributed by atoms with Gasteiger partial charge in [-0.25, -0.2) is 0 Å². The van der Waals surface area contributed by atoms with Crippen LogP contribution in [-0.4, -0.2) is 13.1 Å². The summed E-state index contributed by atoms with van der Waals surface area (Å²) >= 11 is 0. The van der Waals surface area contributed by atoms with Crippen molar-refractivity contribution in [1.29, 1.82) is 0 Å². The summed E-state index contributed by atoms with van der Waals surface area (Å²) in [6.07, 6.45) is 15.7. The summed E-state index contributed by atoms with van der Waals surface area (Å²) in [4.78, 5) is 0. The molecule has 0 saturated carbocycles. The molecule has 0 fully saturated rings. The molecule has 1 unspecified atom stereocenters. The predicted molar refractivity (Wildman–Crippen MR) is 84.1 cm³/mol. The molecule has 1 N–H and O–H groups in total. The molecule has 0 aromatic rings. The van der Waals surface area contributed by atoms with E-state index in [-0.39, 0.29) is 0 Å². The van der Waals surface area contributed by atoms with E-state index in [1.165, 1.54) is 70.6 Å². The van der Waals surface area contributed by atoms with Crippen LogP contribution in [0, 0.1) is 5.92 Å². The van der Waals surface area contributed by atoms with E-state index in [2.05, 4.69) is 33.1 Å². The largest absolute Gasteiger partial charge is 0.317 e. The summed E-state index contributed by atoms with van der Waals surface area (Å²) in [7, 11) is 2.10. The molecule has 0 amide bonds. The third-order valence-corrected chi connectivity index (χ3v) is 4.04. The fourth-order valence-corrected chi connectivity index (χ4v) is 2.66. The van der Waals surface area contributed by atoms with Gasteiger partial charge in [-0.2, -0.15) is 0 Å². The van der Waals surface area contributed by atoms with Crippen LogP contribution in [0.5, 0.6) is 0 Å². The zero-order valence-electron chi connectivity index (χ0n) is 13.4. The van der Waals surface area contributed by atoms with Crippen LogP contribution in [0.15, 0.2) is 0 Å². The van der Waals surface area contributed by atoms with E-state index < -0.39 is 0 Å². The summed E-state index contributed by atoms with van der Waals surface area (Å²) in [6, 6.07) is 0.721. The fourth-order valence-electron chi connectivity index (χ4n) is 2.66. The van der Waals surface area contributed by atoms with Crippen molar-refractivity contribution in [2.75, 3.05) is 7.05 Å². The van der Waals surface area contributed by atoms with Gasteiger partial charge in [0, 0.05) is 6.04 Å². The average molecular weight is 255 g/mol. The molecule has 0 spiro atoms. The number of unbranched alkanes of at least 4 members (excludes halogenated alkanes) is 9. The first-order chi connectivity index (χ1) is 8.72. The number of nitrogens with one attached hydrogen (secondary N) is 1. The number of hydrogen-bond donors (Lipinski definition) is 1. The van der Waals surface area contributed by atoms with Gasteiger partial charge in [-0.15, -0.1) is 0 Å². The van der Waals surface area contributed by atoms with Crippen molar-refractivity contribution in [3.63, 3.8) is 0 Å². The minimum absolute atomic E-state index is 0.721. The van der Waals surface area contributed by atoms with Gasteiger partial charge in [0.15, 0.2) is 0 Å². The topological polar surface area (TPSA) is 12.0 Å². The molecule has 0 aromatic carbocycles. The molecule has 1 nitrogen and oxygen atoms in total. The third kappa shape index (κ3) is 11.1. The Bertz CT molecular complexity index is 154. The summed E-state index contributed by atoms with van der Waals surface area (Å²) in [5, 5.41) is 3.43. The Morgan fingerprint density at radius 3 is 1.56 bits per heavy atom. The van der Waals surface area contributed by atoms with Crippen LogP contribution < -0.4 is 5.32 Å². The first-order valence-corrected chi connectivity index (χ1v) is 8.39. The van der Waals surface area contributed by atoms with E-state index in [1.807, 2.05) is 0 Å². The van der Waals surface area contributed by atoms with E-state index >= 15 is 0 Å². The zero-order valence-corrected chi connectivity index (χ0v) is 13.4. The molecule has 0 saturated heterocycles. The Balaban J connectivity index is 3.15. The Labute approximate surface area is 116 Å². The predicted octanol–water partition coefficient (Wildman–Crippen LogP) is 5.54. The number of hydrogen-bond acceptors (Lipinski definition) is 1. The lowest BCUT2D eigenvalue weighted by atomic mass is 9.97. The van der Waals surface area contributed by atoms with E-state index in [0.29, 0.717) is 0 Å². The highest BCUT2D eigenvalue weighted by Gasteiger charge is 2.09. The highest BCUT2D eigenvalue weighted by Crippen LogP contribution is 2.14. The molecule has 0 aliphatic heterocycles. The van der Waals surface area contributed by atoms with Crippen molar-refractivity contribution in [3.8, 4) is 0 Å². The highest BCUT2D eigenvalue weighted by molar-refractivity contribution is 4.67. The van der Waals surface area contributed by atoms with Gasteiger partial charge in [0.1, 0.15) is 0 Å². The lowest BCUT2D eigenvalue weighted by Crippen LogP contribution is -2.30. The molecule has 0 aromatic heterocycles. The van der Waals surface area contributed by atoms with Crippen LogP contribution in [0.1, 0.15) is 91.4 Å².